The van der Waals surface area contributed by atoms with Gasteiger partial charge in [0.15, 0.2) is 0 Å². The van der Waals surface area contributed by atoms with E-state index in [-0.39, 0.29) is 5.56 Å². The van der Waals surface area contributed by atoms with Gasteiger partial charge in [0.2, 0.25) is 5.88 Å². The van der Waals surface area contributed by atoms with Crippen LogP contribution >= 0.6 is 0 Å². The fourth-order valence-electron chi connectivity index (χ4n) is 2.47. The van der Waals surface area contributed by atoms with E-state index in [1.165, 1.54) is 13.2 Å². The minimum atomic E-state index is -4.48. The lowest BCUT2D eigenvalue weighted by atomic mass is 10.1. The Morgan fingerprint density at radius 2 is 2.08 bits per heavy atom. The van der Waals surface area contributed by atoms with Crippen LogP contribution in [0.1, 0.15) is 29.3 Å². The standard InChI is InChI=1S/C16H17F3N4O/c1-4-13-12(15(24-3)23(2)22-13)9-21-14-6-5-11(16(17,18)19)7-10(14)8-20/h5-7,21H,4,9H2,1-3H3. The Hall–Kier alpha value is -2.69. The van der Waals surface area contributed by atoms with Crippen molar-refractivity contribution in [1.82, 2.24) is 9.78 Å². The summed E-state index contributed by atoms with van der Waals surface area (Å²) in [5.74, 6) is 0.574. The summed E-state index contributed by atoms with van der Waals surface area (Å²) in [5, 5.41) is 16.5. The molecule has 0 unspecified atom stereocenters. The largest absolute Gasteiger partial charge is 0.481 e. The summed E-state index contributed by atoms with van der Waals surface area (Å²) in [7, 11) is 3.28. The van der Waals surface area contributed by atoms with Crippen LogP contribution in [0.15, 0.2) is 18.2 Å². The Kier molecular flexibility index (Phi) is 5.02. The third-order valence-corrected chi connectivity index (χ3v) is 3.62. The molecule has 5 nitrogen and oxygen atoms in total. The summed E-state index contributed by atoms with van der Waals surface area (Å²) in [6.45, 7) is 2.24. The number of anilines is 1. The van der Waals surface area contributed by atoms with Gasteiger partial charge in [-0.15, -0.1) is 0 Å². The molecule has 1 heterocycles. The van der Waals surface area contributed by atoms with Crippen molar-refractivity contribution in [2.24, 2.45) is 7.05 Å². The number of hydrogen-bond acceptors (Lipinski definition) is 4. The molecule has 2 rings (SSSR count). The minimum Gasteiger partial charge on any atom is -0.481 e. The second-order valence-corrected chi connectivity index (χ2v) is 5.14. The van der Waals surface area contributed by atoms with E-state index >= 15 is 0 Å². The molecule has 1 N–H and O–H groups in total. The molecule has 0 bridgehead atoms. The van der Waals surface area contributed by atoms with Gasteiger partial charge in [-0.25, -0.2) is 4.68 Å². The Balaban J connectivity index is 2.29. The SMILES string of the molecule is CCc1nn(C)c(OC)c1CNc1ccc(C(F)(F)F)cc1C#N. The van der Waals surface area contributed by atoms with Crippen LogP contribution in [0.4, 0.5) is 18.9 Å². The molecule has 1 aromatic carbocycles. The van der Waals surface area contributed by atoms with Crippen molar-refractivity contribution in [3.63, 3.8) is 0 Å². The lowest BCUT2D eigenvalue weighted by Crippen LogP contribution is -2.08. The quantitative estimate of drug-likeness (QED) is 0.906. The number of methoxy groups -OCH3 is 1. The smallest absolute Gasteiger partial charge is 0.416 e. The zero-order chi connectivity index (χ0) is 17.9. The molecule has 0 atom stereocenters. The molecule has 0 aliphatic rings. The third kappa shape index (κ3) is 3.45. The number of nitriles is 1. The monoisotopic (exact) mass is 338 g/mol. The number of benzene rings is 1. The van der Waals surface area contributed by atoms with E-state index in [1.807, 2.05) is 6.92 Å². The Labute approximate surface area is 137 Å². The average Bonchev–Trinajstić information content (AvgIpc) is 2.86. The van der Waals surface area contributed by atoms with E-state index in [0.717, 1.165) is 23.4 Å². The molecule has 0 saturated carbocycles. The molecule has 1 aromatic heterocycles. The second kappa shape index (κ2) is 6.83. The van der Waals surface area contributed by atoms with Gasteiger partial charge in [0.25, 0.3) is 0 Å². The first-order valence-electron chi connectivity index (χ1n) is 7.25. The maximum absolute atomic E-state index is 12.7. The molecule has 0 aliphatic heterocycles. The number of hydrogen-bond donors (Lipinski definition) is 1. The van der Waals surface area contributed by atoms with Crippen LogP contribution in [0, 0.1) is 11.3 Å². The first-order chi connectivity index (χ1) is 11.3. The summed E-state index contributed by atoms with van der Waals surface area (Å²) in [5.41, 5.74) is 1.06. The fourth-order valence-corrected chi connectivity index (χ4v) is 2.47. The summed E-state index contributed by atoms with van der Waals surface area (Å²) in [6, 6.07) is 4.84. The van der Waals surface area contributed by atoms with Gasteiger partial charge >= 0.3 is 6.18 Å². The summed E-state index contributed by atoms with van der Waals surface area (Å²) < 4.78 is 45.1. The van der Waals surface area contributed by atoms with Gasteiger partial charge < -0.3 is 10.1 Å². The van der Waals surface area contributed by atoms with E-state index < -0.39 is 11.7 Å². The molecular weight excluding hydrogens is 321 g/mol. The van der Waals surface area contributed by atoms with Crippen molar-refractivity contribution >= 4 is 5.69 Å². The first-order valence-corrected chi connectivity index (χ1v) is 7.25. The zero-order valence-electron chi connectivity index (χ0n) is 13.5. The van der Waals surface area contributed by atoms with Crippen LogP contribution in [0.2, 0.25) is 0 Å². The lowest BCUT2D eigenvalue weighted by Gasteiger charge is -2.12. The molecule has 128 valence electrons. The van der Waals surface area contributed by atoms with Crippen LogP contribution in [-0.4, -0.2) is 16.9 Å². The van der Waals surface area contributed by atoms with Crippen LogP contribution in [0.5, 0.6) is 5.88 Å². The van der Waals surface area contributed by atoms with Crippen LogP contribution < -0.4 is 10.1 Å². The van der Waals surface area contributed by atoms with Crippen LogP contribution in [0.25, 0.3) is 0 Å². The molecule has 8 heteroatoms. The van der Waals surface area contributed by atoms with Crippen molar-refractivity contribution in [3.8, 4) is 11.9 Å². The van der Waals surface area contributed by atoms with Gasteiger partial charge in [0.05, 0.1) is 35.2 Å². The molecule has 0 aliphatic carbocycles. The van der Waals surface area contributed by atoms with Gasteiger partial charge in [-0.2, -0.15) is 23.5 Å². The lowest BCUT2D eigenvalue weighted by molar-refractivity contribution is -0.137. The Bertz CT molecular complexity index is 775. The zero-order valence-corrected chi connectivity index (χ0v) is 13.5. The number of rotatable bonds is 5. The average molecular weight is 338 g/mol. The van der Waals surface area contributed by atoms with Crippen molar-refractivity contribution < 1.29 is 17.9 Å². The van der Waals surface area contributed by atoms with Gasteiger partial charge in [-0.3, -0.25) is 0 Å². The molecule has 0 saturated heterocycles. The molecule has 0 radical (unpaired) electrons. The topological polar surface area (TPSA) is 62.9 Å². The summed E-state index contributed by atoms with van der Waals surface area (Å²) in [4.78, 5) is 0. The van der Waals surface area contributed by atoms with Crippen molar-refractivity contribution in [2.75, 3.05) is 12.4 Å². The predicted octanol–water partition coefficient (Wildman–Crippen LogP) is 3.49. The molecule has 0 fully saturated rings. The van der Waals surface area contributed by atoms with Gasteiger partial charge in [0, 0.05) is 13.6 Å². The normalized spacial score (nSPS) is 11.2. The number of aryl methyl sites for hydroxylation is 2. The van der Waals surface area contributed by atoms with Gasteiger partial charge in [-0.1, -0.05) is 6.92 Å². The highest BCUT2D eigenvalue weighted by Crippen LogP contribution is 2.32. The van der Waals surface area contributed by atoms with E-state index in [9.17, 15) is 13.2 Å². The molecule has 24 heavy (non-hydrogen) atoms. The molecule has 2 aromatic rings. The third-order valence-electron chi connectivity index (χ3n) is 3.62. The van der Waals surface area contributed by atoms with Crippen molar-refractivity contribution in [1.29, 1.82) is 5.26 Å². The Morgan fingerprint density at radius 3 is 2.62 bits per heavy atom. The van der Waals surface area contributed by atoms with Crippen molar-refractivity contribution in [3.05, 3.63) is 40.6 Å². The minimum absolute atomic E-state index is 0.0641. The van der Waals surface area contributed by atoms with E-state index in [1.54, 1.807) is 17.8 Å². The number of ether oxygens (including phenoxy) is 1. The summed E-state index contributed by atoms with van der Waals surface area (Å²) in [6.07, 6.45) is -3.79. The number of halogens is 3. The van der Waals surface area contributed by atoms with Crippen molar-refractivity contribution in [2.45, 2.75) is 26.1 Å². The Morgan fingerprint density at radius 1 is 1.38 bits per heavy atom. The molecular formula is C16H17F3N4O. The van der Waals surface area contributed by atoms with Gasteiger partial charge in [-0.05, 0) is 24.6 Å². The van der Waals surface area contributed by atoms with Crippen LogP contribution in [0.3, 0.4) is 0 Å². The highest BCUT2D eigenvalue weighted by molar-refractivity contribution is 5.59. The van der Waals surface area contributed by atoms with E-state index in [4.69, 9.17) is 10.00 Å². The van der Waals surface area contributed by atoms with E-state index in [2.05, 4.69) is 10.4 Å². The molecule has 0 amide bonds. The van der Waals surface area contributed by atoms with E-state index in [0.29, 0.717) is 24.5 Å². The maximum atomic E-state index is 12.7. The summed E-state index contributed by atoms with van der Waals surface area (Å²) >= 11 is 0. The van der Waals surface area contributed by atoms with Gasteiger partial charge in [0.1, 0.15) is 6.07 Å². The number of nitrogens with one attached hydrogen (secondary N) is 1. The number of nitrogens with zero attached hydrogens (tertiary/aromatic N) is 3. The number of alkyl halides is 3. The highest BCUT2D eigenvalue weighted by atomic mass is 19.4. The second-order valence-electron chi connectivity index (χ2n) is 5.14. The maximum Gasteiger partial charge on any atom is 0.416 e. The first kappa shape index (κ1) is 17.7. The highest BCUT2D eigenvalue weighted by Gasteiger charge is 2.31. The fraction of sp³-hybridized carbons (Fsp3) is 0.375. The molecule has 0 spiro atoms. The number of aromatic nitrogens is 2. The predicted molar refractivity (Wildman–Crippen MR) is 82.6 cm³/mol. The van der Waals surface area contributed by atoms with Crippen LogP contribution in [-0.2, 0) is 26.2 Å².